The minimum absolute atomic E-state index is 0.648. The Hall–Kier alpha value is -2.80. The molecule has 0 spiro atoms. The number of anilines is 1. The van der Waals surface area contributed by atoms with Gasteiger partial charge in [-0.2, -0.15) is 5.26 Å². The second-order valence-electron chi connectivity index (χ2n) is 4.53. The van der Waals surface area contributed by atoms with Crippen LogP contribution in [0.5, 0.6) is 0 Å². The van der Waals surface area contributed by atoms with Gasteiger partial charge in [-0.25, -0.2) is 4.98 Å². The van der Waals surface area contributed by atoms with E-state index < -0.39 is 0 Å². The van der Waals surface area contributed by atoms with Gasteiger partial charge in [-0.1, -0.05) is 6.07 Å². The lowest BCUT2D eigenvalue weighted by atomic mass is 10.0. The summed E-state index contributed by atoms with van der Waals surface area (Å²) in [6, 6.07) is 11.7. The Kier molecular flexibility index (Phi) is 2.46. The highest BCUT2D eigenvalue weighted by Gasteiger charge is 2.07. The third kappa shape index (κ3) is 1.91. The molecule has 0 aliphatic heterocycles. The molecule has 0 aliphatic rings. The Labute approximate surface area is 110 Å². The van der Waals surface area contributed by atoms with Crippen molar-refractivity contribution in [3.05, 3.63) is 47.7 Å². The first-order valence-corrected chi connectivity index (χ1v) is 5.93. The number of nitriles is 1. The van der Waals surface area contributed by atoms with Crippen LogP contribution in [-0.2, 0) is 0 Å². The predicted molar refractivity (Wildman–Crippen MR) is 75.4 cm³/mol. The Bertz CT molecular complexity index is 809. The van der Waals surface area contributed by atoms with E-state index in [1.165, 1.54) is 0 Å². The van der Waals surface area contributed by atoms with Crippen molar-refractivity contribution < 1.29 is 0 Å². The Balaban J connectivity index is 2.16. The lowest BCUT2D eigenvalue weighted by molar-refractivity contribution is 1.31. The highest BCUT2D eigenvalue weighted by atomic mass is 14.9. The predicted octanol–water partition coefficient (Wildman–Crippen LogP) is 2.99. The molecule has 92 valence electrons. The maximum absolute atomic E-state index is 8.89. The Morgan fingerprint density at radius 2 is 2.11 bits per heavy atom. The summed E-state index contributed by atoms with van der Waals surface area (Å²) in [7, 11) is 0. The molecule has 0 radical (unpaired) electrons. The number of nitrogen functional groups attached to an aromatic ring is 1. The number of benzene rings is 1. The molecule has 0 aliphatic carbocycles. The fourth-order valence-corrected chi connectivity index (χ4v) is 2.21. The molecule has 4 nitrogen and oxygen atoms in total. The molecular formula is C15H12N4. The van der Waals surface area contributed by atoms with E-state index in [2.05, 4.69) is 16.0 Å². The van der Waals surface area contributed by atoms with E-state index in [4.69, 9.17) is 11.0 Å². The number of aryl methyl sites for hydroxylation is 1. The van der Waals surface area contributed by atoms with E-state index in [0.29, 0.717) is 11.3 Å². The lowest BCUT2D eigenvalue weighted by Gasteiger charge is -2.03. The van der Waals surface area contributed by atoms with Crippen LogP contribution in [-0.4, -0.2) is 9.97 Å². The molecule has 2 aromatic heterocycles. The molecular weight excluding hydrogens is 236 g/mol. The minimum atomic E-state index is 0.648. The van der Waals surface area contributed by atoms with E-state index in [1.807, 2.05) is 37.3 Å². The molecule has 2 heterocycles. The summed E-state index contributed by atoms with van der Waals surface area (Å²) in [5.41, 5.74) is 11.0. The van der Waals surface area contributed by atoms with Crippen LogP contribution in [0.15, 0.2) is 36.5 Å². The maximum atomic E-state index is 8.89. The van der Waals surface area contributed by atoms with Crippen molar-refractivity contribution in [3.63, 3.8) is 0 Å². The van der Waals surface area contributed by atoms with Crippen LogP contribution in [0.4, 0.5) is 5.69 Å². The van der Waals surface area contributed by atoms with E-state index in [9.17, 15) is 0 Å². The van der Waals surface area contributed by atoms with Gasteiger partial charge in [0.2, 0.25) is 0 Å². The highest BCUT2D eigenvalue weighted by Crippen LogP contribution is 2.27. The van der Waals surface area contributed by atoms with Crippen molar-refractivity contribution in [1.29, 1.82) is 5.26 Å². The van der Waals surface area contributed by atoms with Crippen LogP contribution < -0.4 is 5.73 Å². The molecule has 0 atom stereocenters. The summed E-state index contributed by atoms with van der Waals surface area (Å²) >= 11 is 0. The number of pyridine rings is 1. The average molecular weight is 248 g/mol. The van der Waals surface area contributed by atoms with E-state index in [0.717, 1.165) is 27.9 Å². The summed E-state index contributed by atoms with van der Waals surface area (Å²) in [6.07, 6.45) is 1.63. The van der Waals surface area contributed by atoms with Crippen molar-refractivity contribution in [1.82, 2.24) is 9.97 Å². The number of aromatic nitrogens is 2. The van der Waals surface area contributed by atoms with Gasteiger partial charge in [0.1, 0.15) is 5.65 Å². The molecule has 0 fully saturated rings. The van der Waals surface area contributed by atoms with Crippen molar-refractivity contribution >= 4 is 16.7 Å². The fraction of sp³-hybridized carbons (Fsp3) is 0.0667. The number of hydrogen-bond acceptors (Lipinski definition) is 3. The quantitative estimate of drug-likeness (QED) is 0.694. The molecule has 0 saturated heterocycles. The second kappa shape index (κ2) is 4.14. The van der Waals surface area contributed by atoms with Gasteiger partial charge in [-0.3, -0.25) is 0 Å². The second-order valence-corrected chi connectivity index (χ2v) is 4.53. The van der Waals surface area contributed by atoms with Gasteiger partial charge < -0.3 is 10.7 Å². The van der Waals surface area contributed by atoms with Gasteiger partial charge in [0.25, 0.3) is 0 Å². The Morgan fingerprint density at radius 1 is 1.26 bits per heavy atom. The van der Waals surface area contributed by atoms with Crippen LogP contribution in [0, 0.1) is 18.3 Å². The zero-order chi connectivity index (χ0) is 13.4. The van der Waals surface area contributed by atoms with E-state index >= 15 is 0 Å². The van der Waals surface area contributed by atoms with Crippen molar-refractivity contribution in [3.8, 4) is 17.3 Å². The summed E-state index contributed by atoms with van der Waals surface area (Å²) in [6.45, 7) is 1.99. The lowest BCUT2D eigenvalue weighted by Crippen LogP contribution is -1.86. The number of aromatic amines is 1. The number of H-pyrrole nitrogens is 1. The number of hydrogen-bond donors (Lipinski definition) is 2. The van der Waals surface area contributed by atoms with Gasteiger partial charge in [0.15, 0.2) is 0 Å². The number of nitrogens with two attached hydrogens (primary N) is 1. The number of nitrogens with one attached hydrogen (secondary N) is 1. The smallest absolute Gasteiger partial charge is 0.137 e. The zero-order valence-electron chi connectivity index (χ0n) is 10.4. The summed E-state index contributed by atoms with van der Waals surface area (Å²) in [5.74, 6) is 0. The van der Waals surface area contributed by atoms with Gasteiger partial charge in [0.05, 0.1) is 23.5 Å². The number of rotatable bonds is 1. The fourth-order valence-electron chi connectivity index (χ4n) is 2.21. The van der Waals surface area contributed by atoms with Gasteiger partial charge in [-0.05, 0) is 36.8 Å². The number of fused-ring (bicyclic) bond motifs is 1. The van der Waals surface area contributed by atoms with Gasteiger partial charge >= 0.3 is 0 Å². The molecule has 3 N–H and O–H groups in total. The van der Waals surface area contributed by atoms with Crippen LogP contribution in [0.3, 0.4) is 0 Å². The third-order valence-corrected chi connectivity index (χ3v) is 3.14. The maximum Gasteiger partial charge on any atom is 0.137 e. The standard InChI is InChI=1S/C15H12N4/c1-9-4-10(7-16)2-3-13(9)14-6-11-5-12(17)8-18-15(11)19-14/h2-6,8H,17H2,1H3,(H,18,19). The molecule has 3 rings (SSSR count). The summed E-state index contributed by atoms with van der Waals surface area (Å²) < 4.78 is 0. The zero-order valence-corrected chi connectivity index (χ0v) is 10.4. The largest absolute Gasteiger partial charge is 0.397 e. The molecule has 19 heavy (non-hydrogen) atoms. The Morgan fingerprint density at radius 3 is 2.84 bits per heavy atom. The van der Waals surface area contributed by atoms with Crippen molar-refractivity contribution in [2.45, 2.75) is 6.92 Å². The van der Waals surface area contributed by atoms with Crippen LogP contribution in [0.1, 0.15) is 11.1 Å². The SMILES string of the molecule is Cc1cc(C#N)ccc1-c1cc2cc(N)cnc2[nH]1. The monoisotopic (exact) mass is 248 g/mol. The minimum Gasteiger partial charge on any atom is -0.397 e. The normalized spacial score (nSPS) is 10.5. The first-order valence-electron chi connectivity index (χ1n) is 5.93. The van der Waals surface area contributed by atoms with Crippen molar-refractivity contribution in [2.24, 2.45) is 0 Å². The topological polar surface area (TPSA) is 78.5 Å². The molecule has 0 amide bonds. The highest BCUT2D eigenvalue weighted by molar-refractivity contribution is 5.85. The van der Waals surface area contributed by atoms with Crippen molar-refractivity contribution in [2.75, 3.05) is 5.73 Å². The third-order valence-electron chi connectivity index (χ3n) is 3.14. The molecule has 0 bridgehead atoms. The first-order chi connectivity index (χ1) is 9.17. The molecule has 3 aromatic rings. The summed E-state index contributed by atoms with van der Waals surface area (Å²) in [4.78, 5) is 7.53. The molecule has 0 unspecified atom stereocenters. The average Bonchev–Trinajstić information content (AvgIpc) is 2.81. The van der Waals surface area contributed by atoms with Gasteiger partial charge in [-0.15, -0.1) is 0 Å². The first kappa shape index (κ1) is 11.3. The van der Waals surface area contributed by atoms with Gasteiger partial charge in [0, 0.05) is 16.6 Å². The molecule has 0 saturated carbocycles. The van der Waals surface area contributed by atoms with Crippen LogP contribution in [0.2, 0.25) is 0 Å². The van der Waals surface area contributed by atoms with E-state index in [-0.39, 0.29) is 0 Å². The molecule has 1 aromatic carbocycles. The van der Waals surface area contributed by atoms with Crippen LogP contribution >= 0.6 is 0 Å². The summed E-state index contributed by atoms with van der Waals surface area (Å²) in [5, 5.41) is 9.87. The van der Waals surface area contributed by atoms with E-state index in [1.54, 1.807) is 6.20 Å². The molecule has 4 heteroatoms. The van der Waals surface area contributed by atoms with Crippen LogP contribution in [0.25, 0.3) is 22.3 Å². The number of nitrogens with zero attached hydrogens (tertiary/aromatic N) is 2.